The van der Waals surface area contributed by atoms with Crippen molar-refractivity contribution in [2.75, 3.05) is 13.2 Å². The lowest BCUT2D eigenvalue weighted by Crippen LogP contribution is -2.56. The van der Waals surface area contributed by atoms with Crippen LogP contribution in [0.1, 0.15) is 26.2 Å². The van der Waals surface area contributed by atoms with Gasteiger partial charge in [0.25, 0.3) is 0 Å². The number of hydrogen-bond donors (Lipinski definition) is 1. The van der Waals surface area contributed by atoms with E-state index < -0.39 is 0 Å². The van der Waals surface area contributed by atoms with Gasteiger partial charge in [-0.2, -0.15) is 0 Å². The summed E-state index contributed by atoms with van der Waals surface area (Å²) in [5, 5.41) is 0. The van der Waals surface area contributed by atoms with Crippen molar-refractivity contribution in [3.8, 4) is 0 Å². The van der Waals surface area contributed by atoms with Gasteiger partial charge < -0.3 is 15.4 Å². The molecule has 1 saturated heterocycles. The Morgan fingerprint density at radius 2 is 2.36 bits per heavy atom. The fraction of sp³-hybridized carbons (Fsp3) is 0.900. The summed E-state index contributed by atoms with van der Waals surface area (Å²) in [6.07, 6.45) is 3.89. The lowest BCUT2D eigenvalue weighted by atomic mass is 9.91. The number of rotatable bonds is 1. The van der Waals surface area contributed by atoms with E-state index >= 15 is 0 Å². The van der Waals surface area contributed by atoms with Crippen molar-refractivity contribution < 1.29 is 4.74 Å². The molecule has 0 bridgehead atoms. The summed E-state index contributed by atoms with van der Waals surface area (Å²) >= 11 is 0. The average molecular weight is 195 g/mol. The minimum atomic E-state index is 0.102. The Morgan fingerprint density at radius 3 is 2.93 bits per heavy atom. The molecule has 0 aromatic heterocycles. The van der Waals surface area contributed by atoms with E-state index in [1.807, 2.05) is 0 Å². The first kappa shape index (κ1) is 8.53. The largest absolute Gasteiger partial charge is 0.376 e. The Kier molecular flexibility index (Phi) is 1.60. The highest BCUT2D eigenvalue weighted by atomic mass is 16.5. The first-order chi connectivity index (χ1) is 6.74. The second kappa shape index (κ2) is 2.63. The summed E-state index contributed by atoms with van der Waals surface area (Å²) in [6, 6.07) is 0.644. The summed E-state index contributed by atoms with van der Waals surface area (Å²) in [6.45, 7) is 3.83. The number of aliphatic imine (C=N–C) groups is 1. The van der Waals surface area contributed by atoms with Gasteiger partial charge in [0, 0.05) is 12.6 Å². The number of ether oxygens (including phenoxy) is 1. The first-order valence-corrected chi connectivity index (χ1v) is 5.45. The van der Waals surface area contributed by atoms with Crippen molar-refractivity contribution in [3.63, 3.8) is 0 Å². The average Bonchev–Trinajstić information content (AvgIpc) is 2.85. The van der Waals surface area contributed by atoms with Crippen LogP contribution in [0, 0.1) is 0 Å². The molecule has 2 unspecified atom stereocenters. The number of hydrogen-bond acceptors (Lipinski definition) is 4. The third-order valence-electron chi connectivity index (χ3n) is 3.81. The molecule has 2 aliphatic heterocycles. The van der Waals surface area contributed by atoms with Gasteiger partial charge in [0.05, 0.1) is 18.2 Å². The van der Waals surface area contributed by atoms with E-state index in [0.717, 1.165) is 25.5 Å². The van der Waals surface area contributed by atoms with Crippen LogP contribution in [0.3, 0.4) is 0 Å². The summed E-state index contributed by atoms with van der Waals surface area (Å²) in [7, 11) is 0. The molecular weight excluding hydrogens is 178 g/mol. The molecule has 0 aromatic rings. The molecule has 4 nitrogen and oxygen atoms in total. The van der Waals surface area contributed by atoms with Crippen molar-refractivity contribution in [2.45, 2.75) is 43.9 Å². The number of nitrogens with zero attached hydrogens (tertiary/aromatic N) is 2. The molecule has 3 rings (SSSR count). The summed E-state index contributed by atoms with van der Waals surface area (Å²) in [4.78, 5) is 6.74. The molecule has 2 heterocycles. The van der Waals surface area contributed by atoms with Gasteiger partial charge in [0.15, 0.2) is 5.96 Å². The summed E-state index contributed by atoms with van der Waals surface area (Å²) in [5.74, 6) is 0.741. The highest BCUT2D eigenvalue weighted by Gasteiger charge is 2.54. The highest BCUT2D eigenvalue weighted by molar-refractivity contribution is 5.82. The molecule has 1 spiro atoms. The lowest BCUT2D eigenvalue weighted by molar-refractivity contribution is 0.0532. The van der Waals surface area contributed by atoms with Gasteiger partial charge in [-0.1, -0.05) is 0 Å². The van der Waals surface area contributed by atoms with Crippen LogP contribution in [0.5, 0.6) is 0 Å². The van der Waals surface area contributed by atoms with Gasteiger partial charge >= 0.3 is 0 Å². The predicted molar refractivity (Wildman–Crippen MR) is 54.1 cm³/mol. The van der Waals surface area contributed by atoms with Gasteiger partial charge in [0.2, 0.25) is 0 Å². The topological polar surface area (TPSA) is 50.9 Å². The second-order valence-electron chi connectivity index (χ2n) is 4.64. The zero-order valence-electron chi connectivity index (χ0n) is 8.57. The van der Waals surface area contributed by atoms with Crippen molar-refractivity contribution in [2.24, 2.45) is 10.7 Å². The maximum atomic E-state index is 5.96. The molecule has 3 aliphatic rings. The molecule has 0 amide bonds. The molecule has 2 atom stereocenters. The molecule has 14 heavy (non-hydrogen) atoms. The van der Waals surface area contributed by atoms with Gasteiger partial charge in [-0.3, -0.25) is 4.99 Å². The van der Waals surface area contributed by atoms with E-state index in [-0.39, 0.29) is 11.6 Å². The maximum Gasteiger partial charge on any atom is 0.192 e. The number of guanidine groups is 1. The zero-order chi connectivity index (χ0) is 9.76. The Hall–Kier alpha value is -0.770. The van der Waals surface area contributed by atoms with Gasteiger partial charge in [-0.05, 0) is 26.2 Å². The van der Waals surface area contributed by atoms with E-state index in [1.165, 1.54) is 12.8 Å². The SMILES string of the molecule is CC1OCCC12CN=C(N)N2C1CC1. The molecule has 2 fully saturated rings. The summed E-state index contributed by atoms with van der Waals surface area (Å²) < 4.78 is 5.68. The van der Waals surface area contributed by atoms with E-state index in [2.05, 4.69) is 16.8 Å². The molecule has 1 aliphatic carbocycles. The van der Waals surface area contributed by atoms with Crippen LogP contribution in [-0.4, -0.2) is 41.7 Å². The van der Waals surface area contributed by atoms with Crippen molar-refractivity contribution in [1.29, 1.82) is 0 Å². The van der Waals surface area contributed by atoms with Crippen LogP contribution < -0.4 is 5.73 Å². The third-order valence-corrected chi connectivity index (χ3v) is 3.81. The Bertz CT molecular complexity index is 287. The lowest BCUT2D eigenvalue weighted by Gasteiger charge is -2.38. The van der Waals surface area contributed by atoms with Crippen LogP contribution in [-0.2, 0) is 4.74 Å². The zero-order valence-corrected chi connectivity index (χ0v) is 8.57. The quantitative estimate of drug-likeness (QED) is 0.656. The van der Waals surface area contributed by atoms with Crippen LogP contribution in [0.25, 0.3) is 0 Å². The van der Waals surface area contributed by atoms with Crippen LogP contribution in [0.2, 0.25) is 0 Å². The van der Waals surface area contributed by atoms with Gasteiger partial charge in [-0.15, -0.1) is 0 Å². The Labute approximate surface area is 84.1 Å². The van der Waals surface area contributed by atoms with Crippen LogP contribution >= 0.6 is 0 Å². The number of nitrogens with two attached hydrogens (primary N) is 1. The molecule has 1 saturated carbocycles. The first-order valence-electron chi connectivity index (χ1n) is 5.45. The molecule has 4 heteroatoms. The second-order valence-corrected chi connectivity index (χ2v) is 4.64. The van der Waals surface area contributed by atoms with Crippen molar-refractivity contribution in [3.05, 3.63) is 0 Å². The minimum absolute atomic E-state index is 0.102. The fourth-order valence-corrected chi connectivity index (χ4v) is 2.78. The van der Waals surface area contributed by atoms with E-state index in [4.69, 9.17) is 10.5 Å². The van der Waals surface area contributed by atoms with Crippen molar-refractivity contribution in [1.82, 2.24) is 4.90 Å². The molecular formula is C10H17N3O. The van der Waals surface area contributed by atoms with Crippen molar-refractivity contribution >= 4 is 5.96 Å². The van der Waals surface area contributed by atoms with E-state index in [0.29, 0.717) is 6.04 Å². The van der Waals surface area contributed by atoms with Gasteiger partial charge in [-0.25, -0.2) is 0 Å². The monoisotopic (exact) mass is 195 g/mol. The third kappa shape index (κ3) is 0.947. The highest BCUT2D eigenvalue weighted by Crippen LogP contribution is 2.42. The Morgan fingerprint density at radius 1 is 1.57 bits per heavy atom. The van der Waals surface area contributed by atoms with Crippen LogP contribution in [0.15, 0.2) is 4.99 Å². The normalized spacial score (nSPS) is 42.2. The molecule has 2 N–H and O–H groups in total. The summed E-state index contributed by atoms with van der Waals surface area (Å²) in [5.41, 5.74) is 6.06. The van der Waals surface area contributed by atoms with Gasteiger partial charge in [0.1, 0.15) is 0 Å². The minimum Gasteiger partial charge on any atom is -0.376 e. The van der Waals surface area contributed by atoms with E-state index in [1.54, 1.807) is 0 Å². The predicted octanol–water partition coefficient (Wildman–Crippen LogP) is 0.327. The maximum absolute atomic E-state index is 5.96. The molecule has 78 valence electrons. The molecule has 0 radical (unpaired) electrons. The standard InChI is InChI=1S/C10H17N3O/c1-7-10(4-5-14-7)6-12-9(11)13(10)8-2-3-8/h7-8H,2-6H2,1H3,(H2,11,12). The Balaban J connectivity index is 1.92. The fourth-order valence-electron chi connectivity index (χ4n) is 2.78. The van der Waals surface area contributed by atoms with E-state index in [9.17, 15) is 0 Å². The molecule has 0 aromatic carbocycles. The van der Waals surface area contributed by atoms with Crippen LogP contribution in [0.4, 0.5) is 0 Å². The smallest absolute Gasteiger partial charge is 0.192 e.